The standard InChI is InChI=1S/C25H23F7N4O/c1-34(2)23(37)35-10-8-15(9-11-35)16-4-3-5-17(12-16)21-14-22(24(28,29)25(30,31)32)33-36(21)20-7-6-18(26)13-19(20)27/h3-8,12-13,21H,9-11,14H2,1-2H3. The minimum atomic E-state index is -5.89. The van der Waals surface area contributed by atoms with E-state index in [0.717, 1.165) is 22.7 Å². The smallest absolute Gasteiger partial charge is 0.331 e. The molecular formula is C25H23F7N4O. The first-order chi connectivity index (χ1) is 17.3. The Balaban J connectivity index is 1.69. The number of hydrogen-bond donors (Lipinski definition) is 0. The average Bonchev–Trinajstić information content (AvgIpc) is 3.29. The Morgan fingerprint density at radius 2 is 1.78 bits per heavy atom. The molecule has 1 unspecified atom stereocenters. The quantitative estimate of drug-likeness (QED) is 0.441. The molecule has 2 aromatic carbocycles. The van der Waals surface area contributed by atoms with Crippen molar-refractivity contribution in [1.82, 2.24) is 9.80 Å². The molecule has 1 atom stereocenters. The van der Waals surface area contributed by atoms with Crippen molar-refractivity contribution in [2.45, 2.75) is 31.0 Å². The van der Waals surface area contributed by atoms with E-state index >= 15 is 0 Å². The van der Waals surface area contributed by atoms with E-state index in [-0.39, 0.29) is 6.03 Å². The van der Waals surface area contributed by atoms with Gasteiger partial charge in [-0.3, -0.25) is 5.01 Å². The van der Waals surface area contributed by atoms with Gasteiger partial charge in [0, 0.05) is 39.7 Å². The van der Waals surface area contributed by atoms with Crippen LogP contribution in [0.5, 0.6) is 0 Å². The zero-order valence-electron chi connectivity index (χ0n) is 19.9. The third-order valence-electron chi connectivity index (χ3n) is 6.29. The summed E-state index contributed by atoms with van der Waals surface area (Å²) in [4.78, 5) is 15.3. The van der Waals surface area contributed by atoms with Crippen LogP contribution in [-0.4, -0.2) is 60.8 Å². The van der Waals surface area contributed by atoms with Crippen molar-refractivity contribution in [3.63, 3.8) is 0 Å². The normalized spacial score (nSPS) is 18.6. The highest BCUT2D eigenvalue weighted by molar-refractivity contribution is 5.95. The second kappa shape index (κ2) is 9.71. The van der Waals surface area contributed by atoms with E-state index in [2.05, 4.69) is 5.10 Å². The predicted molar refractivity (Wildman–Crippen MR) is 124 cm³/mol. The molecule has 37 heavy (non-hydrogen) atoms. The average molecular weight is 528 g/mol. The fraction of sp³-hybridized carbons (Fsp3) is 0.360. The van der Waals surface area contributed by atoms with Crippen molar-refractivity contribution in [3.05, 3.63) is 71.3 Å². The Bertz CT molecular complexity index is 1260. The number of nitrogens with zero attached hydrogens (tertiary/aromatic N) is 4. The monoisotopic (exact) mass is 528 g/mol. The maximum Gasteiger partial charge on any atom is 0.459 e. The zero-order chi connectivity index (χ0) is 27.1. The Hall–Kier alpha value is -3.57. The first-order valence-electron chi connectivity index (χ1n) is 11.3. The number of carbonyl (C=O) groups excluding carboxylic acids is 1. The number of rotatable bonds is 4. The second-order valence-corrected chi connectivity index (χ2v) is 9.01. The van der Waals surface area contributed by atoms with Gasteiger partial charge >= 0.3 is 18.1 Å². The predicted octanol–water partition coefficient (Wildman–Crippen LogP) is 6.24. The lowest BCUT2D eigenvalue weighted by molar-refractivity contribution is -0.249. The number of benzene rings is 2. The second-order valence-electron chi connectivity index (χ2n) is 9.01. The molecule has 0 aromatic heterocycles. The van der Waals surface area contributed by atoms with E-state index in [1.54, 1.807) is 37.2 Å². The summed E-state index contributed by atoms with van der Waals surface area (Å²) >= 11 is 0. The summed E-state index contributed by atoms with van der Waals surface area (Å²) in [5.74, 6) is -7.32. The lowest BCUT2D eigenvalue weighted by Gasteiger charge is -2.29. The molecular weight excluding hydrogens is 505 g/mol. The maximum absolute atomic E-state index is 14.6. The van der Waals surface area contributed by atoms with Crippen LogP contribution in [-0.2, 0) is 0 Å². The number of carbonyl (C=O) groups is 1. The zero-order valence-corrected chi connectivity index (χ0v) is 19.9. The molecule has 2 amide bonds. The van der Waals surface area contributed by atoms with Crippen LogP contribution in [0.15, 0.2) is 53.6 Å². The van der Waals surface area contributed by atoms with Gasteiger partial charge in [0.15, 0.2) is 5.82 Å². The third kappa shape index (κ3) is 5.14. The molecule has 0 radical (unpaired) electrons. The Labute approximate surface area is 208 Å². The first-order valence-corrected chi connectivity index (χ1v) is 11.3. The molecule has 0 spiro atoms. The van der Waals surface area contributed by atoms with Crippen molar-refractivity contribution in [2.75, 3.05) is 32.2 Å². The van der Waals surface area contributed by atoms with Gasteiger partial charge in [0.1, 0.15) is 11.5 Å². The van der Waals surface area contributed by atoms with Crippen LogP contribution in [0.25, 0.3) is 5.57 Å². The number of hydrazone groups is 1. The summed E-state index contributed by atoms with van der Waals surface area (Å²) in [6, 6.07) is 7.49. The summed E-state index contributed by atoms with van der Waals surface area (Å²) in [5.41, 5.74) is -0.0204. The summed E-state index contributed by atoms with van der Waals surface area (Å²) in [7, 11) is 3.28. The minimum Gasteiger partial charge on any atom is -0.331 e. The van der Waals surface area contributed by atoms with Gasteiger partial charge in [0.25, 0.3) is 0 Å². The molecule has 12 heteroatoms. The van der Waals surface area contributed by atoms with Gasteiger partial charge in [0.05, 0.1) is 11.7 Å². The number of hydrogen-bond acceptors (Lipinski definition) is 3. The number of halogens is 7. The highest BCUT2D eigenvalue weighted by Crippen LogP contribution is 2.45. The summed E-state index contributed by atoms with van der Waals surface area (Å²) in [6.07, 6.45) is -4.37. The van der Waals surface area contributed by atoms with E-state index in [0.29, 0.717) is 36.7 Å². The van der Waals surface area contributed by atoms with Crippen LogP contribution in [0, 0.1) is 11.6 Å². The Morgan fingerprint density at radius 1 is 1.05 bits per heavy atom. The van der Waals surface area contributed by atoms with Gasteiger partial charge in [-0.2, -0.15) is 27.1 Å². The van der Waals surface area contributed by atoms with E-state index < -0.39 is 47.6 Å². The fourth-order valence-corrected chi connectivity index (χ4v) is 4.35. The molecule has 0 aliphatic carbocycles. The Morgan fingerprint density at radius 3 is 2.38 bits per heavy atom. The van der Waals surface area contributed by atoms with Crippen LogP contribution in [0.1, 0.15) is 30.0 Å². The molecule has 5 nitrogen and oxygen atoms in total. The van der Waals surface area contributed by atoms with Gasteiger partial charge in [0.2, 0.25) is 0 Å². The van der Waals surface area contributed by atoms with Gasteiger partial charge in [-0.25, -0.2) is 13.6 Å². The largest absolute Gasteiger partial charge is 0.459 e. The first kappa shape index (κ1) is 26.5. The fourth-order valence-electron chi connectivity index (χ4n) is 4.35. The maximum atomic E-state index is 14.6. The van der Waals surface area contributed by atoms with Crippen molar-refractivity contribution in [3.8, 4) is 0 Å². The molecule has 2 heterocycles. The van der Waals surface area contributed by atoms with Crippen LogP contribution in [0.2, 0.25) is 0 Å². The molecule has 4 rings (SSSR count). The molecule has 198 valence electrons. The summed E-state index contributed by atoms with van der Waals surface area (Å²) in [6.45, 7) is 0.784. The molecule has 0 saturated heterocycles. The number of alkyl halides is 5. The van der Waals surface area contributed by atoms with Crippen molar-refractivity contribution < 1.29 is 35.5 Å². The van der Waals surface area contributed by atoms with E-state index in [9.17, 15) is 35.5 Å². The van der Waals surface area contributed by atoms with E-state index in [1.165, 1.54) is 11.0 Å². The van der Waals surface area contributed by atoms with Crippen molar-refractivity contribution in [2.24, 2.45) is 5.10 Å². The molecule has 0 N–H and O–H groups in total. The van der Waals surface area contributed by atoms with Crippen LogP contribution >= 0.6 is 0 Å². The molecule has 2 aliphatic heterocycles. The Kier molecular flexibility index (Phi) is 6.95. The third-order valence-corrected chi connectivity index (χ3v) is 6.29. The van der Waals surface area contributed by atoms with Crippen molar-refractivity contribution >= 4 is 23.0 Å². The topological polar surface area (TPSA) is 39.2 Å². The number of anilines is 1. The van der Waals surface area contributed by atoms with Crippen molar-refractivity contribution in [1.29, 1.82) is 0 Å². The highest BCUT2D eigenvalue weighted by Gasteiger charge is 2.63. The van der Waals surface area contributed by atoms with Gasteiger partial charge < -0.3 is 9.80 Å². The van der Waals surface area contributed by atoms with E-state index in [1.807, 2.05) is 6.08 Å². The van der Waals surface area contributed by atoms with Gasteiger partial charge in [-0.15, -0.1) is 0 Å². The SMILES string of the molecule is CN(C)C(=O)N1CC=C(c2cccc(C3CC(C(F)(F)C(F)(F)F)=NN3c3ccc(F)cc3F)c2)CC1. The summed E-state index contributed by atoms with van der Waals surface area (Å²) < 4.78 is 95.8. The lowest BCUT2D eigenvalue weighted by Crippen LogP contribution is -2.43. The van der Waals surface area contributed by atoms with Crippen LogP contribution < -0.4 is 5.01 Å². The minimum absolute atomic E-state index is 0.151. The summed E-state index contributed by atoms with van der Waals surface area (Å²) in [5, 5.41) is 4.23. The molecule has 0 saturated carbocycles. The van der Waals surface area contributed by atoms with Gasteiger partial charge in [-0.05, 0) is 41.3 Å². The molecule has 2 aromatic rings. The molecule has 0 fully saturated rings. The number of amides is 2. The molecule has 2 aliphatic rings. The number of urea groups is 1. The van der Waals surface area contributed by atoms with Crippen LogP contribution in [0.3, 0.4) is 0 Å². The van der Waals surface area contributed by atoms with Crippen LogP contribution in [0.4, 0.5) is 41.2 Å². The highest BCUT2D eigenvalue weighted by atomic mass is 19.4. The lowest BCUT2D eigenvalue weighted by atomic mass is 9.93. The van der Waals surface area contributed by atoms with Gasteiger partial charge in [-0.1, -0.05) is 24.3 Å². The van der Waals surface area contributed by atoms with E-state index in [4.69, 9.17) is 0 Å². The molecule has 0 bridgehead atoms.